The fourth-order valence-electron chi connectivity index (χ4n) is 6.14. The van der Waals surface area contributed by atoms with E-state index in [9.17, 15) is 5.11 Å². The summed E-state index contributed by atoms with van der Waals surface area (Å²) in [7, 11) is 1.71. The molecule has 4 nitrogen and oxygen atoms in total. The highest BCUT2D eigenvalue weighted by Gasteiger charge is 2.64. The Labute approximate surface area is 148 Å². The maximum Gasteiger partial charge on any atom is 0.165 e. The van der Waals surface area contributed by atoms with Crippen LogP contribution in [-0.2, 0) is 11.8 Å². The predicted octanol–water partition coefficient (Wildman–Crippen LogP) is 2.28. The first kappa shape index (κ1) is 14.6. The molecule has 5 aliphatic rings. The van der Waals surface area contributed by atoms with Crippen LogP contribution < -0.4 is 9.47 Å². The SMILES string of the molecule is COc1ccc2c3c1O[C@H]1[C@@H](O)C=CC4[C@@H](C2)N(CC2CC2)CC[C@@]341. The predicted molar refractivity (Wildman–Crippen MR) is 94.1 cm³/mol. The van der Waals surface area contributed by atoms with Gasteiger partial charge < -0.3 is 14.6 Å². The molecule has 0 amide bonds. The van der Waals surface area contributed by atoms with Crippen LogP contribution in [0.1, 0.15) is 30.4 Å². The maximum absolute atomic E-state index is 10.7. The van der Waals surface area contributed by atoms with Gasteiger partial charge in [-0.2, -0.15) is 0 Å². The second-order valence-electron chi connectivity index (χ2n) is 8.57. The van der Waals surface area contributed by atoms with Crippen LogP contribution in [0, 0.1) is 11.8 Å². The molecule has 6 rings (SSSR count). The van der Waals surface area contributed by atoms with Crippen LogP contribution in [0.2, 0.25) is 0 Å². The van der Waals surface area contributed by atoms with Crippen molar-refractivity contribution >= 4 is 0 Å². The summed E-state index contributed by atoms with van der Waals surface area (Å²) < 4.78 is 12.0. The minimum Gasteiger partial charge on any atom is -0.493 e. The number of aliphatic hydroxyl groups is 1. The Morgan fingerprint density at radius 1 is 1.32 bits per heavy atom. The van der Waals surface area contributed by atoms with Crippen molar-refractivity contribution in [1.82, 2.24) is 4.90 Å². The first-order chi connectivity index (χ1) is 12.2. The Morgan fingerprint density at radius 2 is 2.20 bits per heavy atom. The van der Waals surface area contributed by atoms with E-state index in [2.05, 4.69) is 17.0 Å². The minimum absolute atomic E-state index is 0.0731. The van der Waals surface area contributed by atoms with Gasteiger partial charge in [-0.1, -0.05) is 18.2 Å². The Morgan fingerprint density at radius 3 is 3.00 bits per heavy atom. The van der Waals surface area contributed by atoms with E-state index in [1.54, 1.807) is 7.11 Å². The lowest BCUT2D eigenvalue weighted by molar-refractivity contribution is -0.0525. The molecule has 1 unspecified atom stereocenters. The number of hydrogen-bond acceptors (Lipinski definition) is 4. The molecule has 2 heterocycles. The molecule has 2 fully saturated rings. The monoisotopic (exact) mass is 339 g/mol. The molecule has 0 radical (unpaired) electrons. The lowest BCUT2D eigenvalue weighted by Crippen LogP contribution is -2.65. The van der Waals surface area contributed by atoms with Gasteiger partial charge in [0.05, 0.1) is 7.11 Å². The number of hydrogen-bond donors (Lipinski definition) is 1. The molecule has 132 valence electrons. The molecule has 1 saturated carbocycles. The van der Waals surface area contributed by atoms with Crippen molar-refractivity contribution in [3.63, 3.8) is 0 Å². The first-order valence-electron chi connectivity index (χ1n) is 9.70. The molecule has 4 heteroatoms. The Hall–Kier alpha value is -1.52. The fourth-order valence-corrected chi connectivity index (χ4v) is 6.14. The van der Waals surface area contributed by atoms with E-state index in [0.29, 0.717) is 12.0 Å². The van der Waals surface area contributed by atoms with E-state index in [0.717, 1.165) is 36.8 Å². The summed E-state index contributed by atoms with van der Waals surface area (Å²) in [5, 5.41) is 10.7. The summed E-state index contributed by atoms with van der Waals surface area (Å²) >= 11 is 0. The third kappa shape index (κ3) is 1.75. The third-order valence-electron chi connectivity index (χ3n) is 7.38. The zero-order chi connectivity index (χ0) is 16.8. The van der Waals surface area contributed by atoms with Gasteiger partial charge in [-0.05, 0) is 49.8 Å². The number of ether oxygens (including phenoxy) is 2. The van der Waals surface area contributed by atoms with Crippen LogP contribution >= 0.6 is 0 Å². The average molecular weight is 339 g/mol. The maximum atomic E-state index is 10.7. The molecule has 1 N–H and O–H groups in total. The van der Waals surface area contributed by atoms with Crippen LogP contribution in [0.15, 0.2) is 24.3 Å². The second kappa shape index (κ2) is 4.80. The molecule has 0 aromatic heterocycles. The van der Waals surface area contributed by atoms with Crippen LogP contribution in [0.5, 0.6) is 11.5 Å². The normalized spacial score (nSPS) is 40.6. The van der Waals surface area contributed by atoms with Crippen molar-refractivity contribution in [3.8, 4) is 11.5 Å². The Kier molecular flexibility index (Phi) is 2.81. The van der Waals surface area contributed by atoms with Crippen molar-refractivity contribution in [2.24, 2.45) is 11.8 Å². The highest BCUT2D eigenvalue weighted by atomic mass is 16.5. The zero-order valence-corrected chi connectivity index (χ0v) is 14.6. The van der Waals surface area contributed by atoms with Crippen molar-refractivity contribution < 1.29 is 14.6 Å². The molecule has 1 aromatic rings. The van der Waals surface area contributed by atoms with Gasteiger partial charge >= 0.3 is 0 Å². The van der Waals surface area contributed by atoms with Crippen molar-refractivity contribution in [3.05, 3.63) is 35.4 Å². The molecular formula is C21H25NO3. The summed E-state index contributed by atoms with van der Waals surface area (Å²) in [6.45, 7) is 2.37. The van der Waals surface area contributed by atoms with Gasteiger partial charge in [0.1, 0.15) is 12.2 Å². The van der Waals surface area contributed by atoms with Gasteiger partial charge in [0.25, 0.3) is 0 Å². The summed E-state index contributed by atoms with van der Waals surface area (Å²) in [6.07, 6.45) is 8.53. The molecule has 25 heavy (non-hydrogen) atoms. The summed E-state index contributed by atoms with van der Waals surface area (Å²) in [5.74, 6) is 3.06. The third-order valence-corrected chi connectivity index (χ3v) is 7.38. The molecule has 2 aliphatic heterocycles. The molecule has 1 spiro atoms. The van der Waals surface area contributed by atoms with E-state index in [-0.39, 0.29) is 11.5 Å². The van der Waals surface area contributed by atoms with Gasteiger partial charge in [-0.25, -0.2) is 0 Å². The van der Waals surface area contributed by atoms with Crippen LogP contribution in [-0.4, -0.2) is 48.5 Å². The first-order valence-corrected chi connectivity index (χ1v) is 9.70. The highest BCUT2D eigenvalue weighted by molar-refractivity contribution is 5.62. The fraction of sp³-hybridized carbons (Fsp3) is 0.619. The van der Waals surface area contributed by atoms with Gasteiger partial charge in [-0.15, -0.1) is 0 Å². The number of methoxy groups -OCH3 is 1. The molecule has 3 aliphatic carbocycles. The van der Waals surface area contributed by atoms with E-state index in [4.69, 9.17) is 9.47 Å². The van der Waals surface area contributed by atoms with Crippen molar-refractivity contribution in [2.45, 2.75) is 49.3 Å². The lowest BCUT2D eigenvalue weighted by Gasteiger charge is -2.57. The molecule has 1 aromatic carbocycles. The summed E-state index contributed by atoms with van der Waals surface area (Å²) in [4.78, 5) is 2.73. The topological polar surface area (TPSA) is 41.9 Å². The zero-order valence-electron chi connectivity index (χ0n) is 14.6. The highest BCUT2D eigenvalue weighted by Crippen LogP contribution is 2.62. The second-order valence-corrected chi connectivity index (χ2v) is 8.57. The molecule has 5 atom stereocenters. The van der Waals surface area contributed by atoms with Crippen LogP contribution in [0.4, 0.5) is 0 Å². The van der Waals surface area contributed by atoms with E-state index < -0.39 is 6.10 Å². The average Bonchev–Trinajstić information content (AvgIpc) is 3.36. The van der Waals surface area contributed by atoms with Gasteiger partial charge in [-0.3, -0.25) is 4.90 Å². The molecule has 1 saturated heterocycles. The quantitative estimate of drug-likeness (QED) is 0.858. The minimum atomic E-state index is -0.532. The van der Waals surface area contributed by atoms with Crippen LogP contribution in [0.3, 0.4) is 0 Å². The van der Waals surface area contributed by atoms with E-state index >= 15 is 0 Å². The molecule has 2 bridgehead atoms. The van der Waals surface area contributed by atoms with Gasteiger partial charge in [0, 0.05) is 29.5 Å². The Balaban J connectivity index is 1.54. The summed E-state index contributed by atoms with van der Waals surface area (Å²) in [5.41, 5.74) is 2.67. The standard InChI is InChI=1S/C21H25NO3/c1-24-17-7-4-13-10-15-14-5-6-16(23)20-21(14,18(13)19(17)25-20)8-9-22(15)11-12-2-3-12/h4-7,12,14-16,20,23H,2-3,8-11H2,1H3/t14?,15-,16+,20+,21+/m1/s1. The van der Waals surface area contributed by atoms with E-state index in [1.165, 1.54) is 30.5 Å². The van der Waals surface area contributed by atoms with Crippen LogP contribution in [0.25, 0.3) is 0 Å². The number of nitrogens with zero attached hydrogens (tertiary/aromatic N) is 1. The number of piperidine rings is 1. The number of likely N-dealkylation sites (tertiary alicyclic amines) is 1. The molecular weight excluding hydrogens is 314 g/mol. The Bertz CT molecular complexity index is 771. The lowest BCUT2D eigenvalue weighted by atomic mass is 9.53. The van der Waals surface area contributed by atoms with Crippen molar-refractivity contribution in [1.29, 1.82) is 0 Å². The van der Waals surface area contributed by atoms with E-state index in [1.807, 2.05) is 12.1 Å². The number of rotatable bonds is 3. The number of aliphatic hydroxyl groups excluding tert-OH is 1. The number of benzene rings is 1. The summed E-state index contributed by atoms with van der Waals surface area (Å²) in [6, 6.07) is 4.82. The smallest absolute Gasteiger partial charge is 0.165 e. The van der Waals surface area contributed by atoms with Gasteiger partial charge in [0.15, 0.2) is 11.5 Å². The van der Waals surface area contributed by atoms with Crippen molar-refractivity contribution in [2.75, 3.05) is 20.2 Å². The van der Waals surface area contributed by atoms with Gasteiger partial charge in [0.2, 0.25) is 0 Å². The largest absolute Gasteiger partial charge is 0.493 e.